The van der Waals surface area contributed by atoms with E-state index < -0.39 is 5.97 Å². The summed E-state index contributed by atoms with van der Waals surface area (Å²) < 4.78 is 0. The van der Waals surface area contributed by atoms with Crippen molar-refractivity contribution in [2.24, 2.45) is 0 Å². The lowest BCUT2D eigenvalue weighted by Gasteiger charge is -2.04. The summed E-state index contributed by atoms with van der Waals surface area (Å²) in [7, 11) is 0. The minimum Gasteiger partial charge on any atom is -0.478 e. The van der Waals surface area contributed by atoms with Crippen LogP contribution in [0.15, 0.2) is 24.4 Å². The van der Waals surface area contributed by atoms with Gasteiger partial charge in [-0.15, -0.1) is 0 Å². The van der Waals surface area contributed by atoms with Crippen molar-refractivity contribution in [2.75, 3.05) is 0 Å². The van der Waals surface area contributed by atoms with Crippen molar-refractivity contribution in [3.8, 4) is 0 Å². The molecule has 1 heterocycles. The maximum absolute atomic E-state index is 10.9. The van der Waals surface area contributed by atoms with Crippen LogP contribution in [-0.4, -0.2) is 16.1 Å². The first-order valence-corrected chi connectivity index (χ1v) is 4.83. The monoisotopic (exact) mass is 241 g/mol. The number of aromatic nitrogens is 1. The predicted octanol–water partition coefficient (Wildman–Crippen LogP) is 3.24. The number of aromatic carboxylic acids is 1. The SMILES string of the molecule is O=C(O)c1ccnc2c(Cl)c(Cl)ccc12. The van der Waals surface area contributed by atoms with Crippen molar-refractivity contribution in [2.45, 2.75) is 0 Å². The quantitative estimate of drug-likeness (QED) is 0.834. The molecule has 0 radical (unpaired) electrons. The van der Waals surface area contributed by atoms with Gasteiger partial charge >= 0.3 is 5.97 Å². The first kappa shape index (κ1) is 10.2. The fourth-order valence-corrected chi connectivity index (χ4v) is 1.71. The number of pyridine rings is 1. The first-order chi connectivity index (χ1) is 7.11. The van der Waals surface area contributed by atoms with Gasteiger partial charge in [-0.1, -0.05) is 29.3 Å². The number of hydrogen-bond acceptors (Lipinski definition) is 2. The molecule has 0 saturated heterocycles. The van der Waals surface area contributed by atoms with Crippen LogP contribution in [0.2, 0.25) is 10.0 Å². The molecule has 0 atom stereocenters. The van der Waals surface area contributed by atoms with Crippen molar-refractivity contribution in [1.29, 1.82) is 0 Å². The van der Waals surface area contributed by atoms with Crippen LogP contribution in [0.5, 0.6) is 0 Å². The third-order valence-corrected chi connectivity index (χ3v) is 2.83. The molecule has 76 valence electrons. The maximum Gasteiger partial charge on any atom is 0.336 e. The van der Waals surface area contributed by atoms with E-state index in [1.807, 2.05) is 0 Å². The number of nitrogens with zero attached hydrogens (tertiary/aromatic N) is 1. The normalized spacial score (nSPS) is 10.5. The van der Waals surface area contributed by atoms with Gasteiger partial charge in [0, 0.05) is 11.6 Å². The summed E-state index contributed by atoms with van der Waals surface area (Å²) in [6.07, 6.45) is 1.40. The molecule has 0 bridgehead atoms. The molecule has 3 nitrogen and oxygen atoms in total. The summed E-state index contributed by atoms with van der Waals surface area (Å²) in [5.74, 6) is -1.01. The Hall–Kier alpha value is -1.32. The maximum atomic E-state index is 10.9. The molecule has 1 N–H and O–H groups in total. The Morgan fingerprint density at radius 1 is 1.27 bits per heavy atom. The number of rotatable bonds is 1. The highest BCUT2D eigenvalue weighted by atomic mass is 35.5. The lowest BCUT2D eigenvalue weighted by atomic mass is 10.1. The van der Waals surface area contributed by atoms with Gasteiger partial charge in [0.05, 0.1) is 21.1 Å². The van der Waals surface area contributed by atoms with Crippen LogP contribution >= 0.6 is 23.2 Å². The van der Waals surface area contributed by atoms with E-state index in [9.17, 15) is 4.79 Å². The Morgan fingerprint density at radius 3 is 2.67 bits per heavy atom. The fourth-order valence-electron chi connectivity index (χ4n) is 1.35. The van der Waals surface area contributed by atoms with Crippen LogP contribution in [0.25, 0.3) is 10.9 Å². The molecular weight excluding hydrogens is 237 g/mol. The van der Waals surface area contributed by atoms with E-state index in [2.05, 4.69) is 4.98 Å². The summed E-state index contributed by atoms with van der Waals surface area (Å²) in [4.78, 5) is 14.9. The topological polar surface area (TPSA) is 50.2 Å². The minimum absolute atomic E-state index is 0.165. The van der Waals surface area contributed by atoms with Gasteiger partial charge in [0.1, 0.15) is 0 Å². The molecule has 0 aliphatic rings. The molecule has 0 spiro atoms. The number of fused-ring (bicyclic) bond motifs is 1. The van der Waals surface area contributed by atoms with Gasteiger partial charge in [0.2, 0.25) is 0 Å². The van der Waals surface area contributed by atoms with Crippen molar-refractivity contribution in [3.63, 3.8) is 0 Å². The molecule has 2 rings (SSSR count). The molecule has 0 aliphatic heterocycles. The summed E-state index contributed by atoms with van der Waals surface area (Å²) in [5.41, 5.74) is 0.572. The summed E-state index contributed by atoms with van der Waals surface area (Å²) in [6, 6.07) is 4.58. The van der Waals surface area contributed by atoms with Crippen LogP contribution in [0.1, 0.15) is 10.4 Å². The summed E-state index contributed by atoms with van der Waals surface area (Å²) >= 11 is 11.7. The van der Waals surface area contributed by atoms with Crippen molar-refractivity contribution in [3.05, 3.63) is 40.0 Å². The molecule has 1 aromatic carbocycles. The van der Waals surface area contributed by atoms with Crippen LogP contribution in [0.3, 0.4) is 0 Å². The van der Waals surface area contributed by atoms with Crippen LogP contribution in [0, 0.1) is 0 Å². The smallest absolute Gasteiger partial charge is 0.336 e. The third-order valence-electron chi connectivity index (χ3n) is 2.03. The standard InChI is InChI=1S/C10H5Cl2NO2/c11-7-2-1-5-6(10(14)15)3-4-13-9(5)8(7)12/h1-4H,(H,14,15). The molecule has 2 aromatic rings. The fraction of sp³-hybridized carbons (Fsp3) is 0. The van der Waals surface area contributed by atoms with Gasteiger partial charge in [-0.3, -0.25) is 4.98 Å². The number of halogens is 2. The van der Waals surface area contributed by atoms with Gasteiger partial charge in [-0.2, -0.15) is 0 Å². The zero-order chi connectivity index (χ0) is 11.0. The zero-order valence-electron chi connectivity index (χ0n) is 7.37. The number of carboxylic acid groups (broad SMARTS) is 1. The second kappa shape index (κ2) is 3.68. The molecule has 15 heavy (non-hydrogen) atoms. The van der Waals surface area contributed by atoms with Gasteiger partial charge in [-0.25, -0.2) is 4.79 Å². The van der Waals surface area contributed by atoms with E-state index in [1.165, 1.54) is 12.3 Å². The number of hydrogen-bond donors (Lipinski definition) is 1. The average molecular weight is 242 g/mol. The van der Waals surface area contributed by atoms with E-state index in [-0.39, 0.29) is 10.6 Å². The van der Waals surface area contributed by atoms with Crippen molar-refractivity contribution >= 4 is 40.1 Å². The molecule has 1 aromatic heterocycles. The number of carbonyl (C=O) groups is 1. The molecule has 0 aliphatic carbocycles. The van der Waals surface area contributed by atoms with Gasteiger partial charge in [-0.05, 0) is 12.1 Å². The molecular formula is C10H5Cl2NO2. The second-order valence-corrected chi connectivity index (χ2v) is 3.71. The molecule has 0 fully saturated rings. The Kier molecular flexibility index (Phi) is 2.50. The van der Waals surface area contributed by atoms with Crippen molar-refractivity contribution < 1.29 is 9.90 Å². The highest BCUT2D eigenvalue weighted by Crippen LogP contribution is 2.30. The van der Waals surface area contributed by atoms with Crippen LogP contribution in [0.4, 0.5) is 0 Å². The predicted molar refractivity (Wildman–Crippen MR) is 58.7 cm³/mol. The summed E-state index contributed by atoms with van der Waals surface area (Å²) in [6.45, 7) is 0. The highest BCUT2D eigenvalue weighted by Gasteiger charge is 2.12. The molecule has 5 heteroatoms. The molecule has 0 amide bonds. The zero-order valence-corrected chi connectivity index (χ0v) is 8.88. The second-order valence-electron chi connectivity index (χ2n) is 2.92. The third kappa shape index (κ3) is 1.64. The Balaban J connectivity index is 2.89. The largest absolute Gasteiger partial charge is 0.478 e. The van der Waals surface area contributed by atoms with Gasteiger partial charge in [0.15, 0.2) is 0 Å². The Labute approximate surface area is 95.3 Å². The van der Waals surface area contributed by atoms with Gasteiger partial charge < -0.3 is 5.11 Å². The average Bonchev–Trinajstić information content (AvgIpc) is 2.23. The lowest BCUT2D eigenvalue weighted by Crippen LogP contribution is -1.98. The molecule has 0 saturated carbocycles. The van der Waals surface area contributed by atoms with Crippen molar-refractivity contribution in [1.82, 2.24) is 4.98 Å². The first-order valence-electron chi connectivity index (χ1n) is 4.07. The van der Waals surface area contributed by atoms with Gasteiger partial charge in [0.25, 0.3) is 0 Å². The Morgan fingerprint density at radius 2 is 2.00 bits per heavy atom. The lowest BCUT2D eigenvalue weighted by molar-refractivity contribution is 0.0699. The summed E-state index contributed by atoms with van der Waals surface area (Å²) in [5, 5.41) is 10.1. The van der Waals surface area contributed by atoms with Crippen LogP contribution in [-0.2, 0) is 0 Å². The van der Waals surface area contributed by atoms with E-state index in [0.717, 1.165) is 0 Å². The van der Waals surface area contributed by atoms with E-state index in [4.69, 9.17) is 28.3 Å². The Bertz CT molecular complexity index is 554. The van der Waals surface area contributed by atoms with Crippen LogP contribution < -0.4 is 0 Å². The van der Waals surface area contributed by atoms with E-state index in [1.54, 1.807) is 12.1 Å². The van der Waals surface area contributed by atoms with E-state index in [0.29, 0.717) is 15.9 Å². The highest BCUT2D eigenvalue weighted by molar-refractivity contribution is 6.45. The number of benzene rings is 1. The van der Waals surface area contributed by atoms with E-state index >= 15 is 0 Å². The number of carboxylic acids is 1. The minimum atomic E-state index is -1.01. The molecule has 0 unspecified atom stereocenters.